The number of piperidine rings is 1. The summed E-state index contributed by atoms with van der Waals surface area (Å²) in [6, 6.07) is 0. The van der Waals surface area contributed by atoms with Gasteiger partial charge in [0.15, 0.2) is 5.79 Å². The summed E-state index contributed by atoms with van der Waals surface area (Å²) in [5.41, 5.74) is -0.770. The van der Waals surface area contributed by atoms with Crippen LogP contribution in [0.1, 0.15) is 34.6 Å². The molecule has 150 valence electrons. The molecule has 0 aliphatic carbocycles. The molecule has 2 aliphatic rings. The molecule has 0 aromatic carbocycles. The largest absolute Gasteiger partial charge is 0.490 e. The third-order valence-electron chi connectivity index (χ3n) is 3.89. The van der Waals surface area contributed by atoms with E-state index in [2.05, 4.69) is 4.74 Å². The molecule has 0 unspecified atom stereocenters. The lowest BCUT2D eigenvalue weighted by atomic mass is 9.91. The average Bonchev–Trinajstić information content (AvgIpc) is 2.44. The van der Waals surface area contributed by atoms with Crippen molar-refractivity contribution in [2.45, 2.75) is 64.4 Å². The van der Waals surface area contributed by atoms with Crippen molar-refractivity contribution in [1.82, 2.24) is 4.90 Å². The predicted molar refractivity (Wildman–Crippen MR) is 82.1 cm³/mol. The van der Waals surface area contributed by atoms with Gasteiger partial charge in [0.2, 0.25) is 0 Å². The van der Waals surface area contributed by atoms with E-state index < -0.39 is 47.8 Å². The third-order valence-corrected chi connectivity index (χ3v) is 3.89. The van der Waals surface area contributed by atoms with Gasteiger partial charge in [-0.3, -0.25) is 0 Å². The van der Waals surface area contributed by atoms with Gasteiger partial charge in [-0.25, -0.2) is 9.59 Å². The van der Waals surface area contributed by atoms with Crippen LogP contribution in [-0.4, -0.2) is 66.4 Å². The molecule has 26 heavy (non-hydrogen) atoms. The van der Waals surface area contributed by atoms with E-state index in [1.807, 2.05) is 0 Å². The Hall–Kier alpha value is -1.55. The van der Waals surface area contributed by atoms with Crippen LogP contribution in [-0.2, 0) is 23.7 Å². The second-order valence-corrected chi connectivity index (χ2v) is 7.88. The van der Waals surface area contributed by atoms with Gasteiger partial charge in [-0.2, -0.15) is 13.2 Å². The number of esters is 1. The highest BCUT2D eigenvalue weighted by Crippen LogP contribution is 2.34. The van der Waals surface area contributed by atoms with E-state index in [-0.39, 0.29) is 19.7 Å². The Morgan fingerprint density at radius 3 is 2.31 bits per heavy atom. The number of amides is 1. The fraction of sp³-hybridized carbons (Fsp3) is 0.875. The Bertz CT molecular complexity index is 557. The molecule has 2 rings (SSSR count). The van der Waals surface area contributed by atoms with E-state index in [4.69, 9.17) is 14.2 Å². The number of ether oxygens (including phenoxy) is 4. The summed E-state index contributed by atoms with van der Waals surface area (Å²) >= 11 is 0. The summed E-state index contributed by atoms with van der Waals surface area (Å²) in [6.45, 7) is 8.31. The topological polar surface area (TPSA) is 74.3 Å². The van der Waals surface area contributed by atoms with Crippen LogP contribution in [0.2, 0.25) is 0 Å². The fourth-order valence-electron chi connectivity index (χ4n) is 2.86. The van der Waals surface area contributed by atoms with Gasteiger partial charge in [0.25, 0.3) is 0 Å². The lowest BCUT2D eigenvalue weighted by Crippen LogP contribution is -2.62. The summed E-state index contributed by atoms with van der Waals surface area (Å²) in [7, 11) is 0. The summed E-state index contributed by atoms with van der Waals surface area (Å²) in [6.07, 6.45) is -7.93. The highest BCUT2D eigenvalue weighted by atomic mass is 19.4. The minimum atomic E-state index is -5.13. The van der Waals surface area contributed by atoms with E-state index >= 15 is 0 Å². The van der Waals surface area contributed by atoms with Crippen LogP contribution in [0.3, 0.4) is 0 Å². The number of fused-ring (bicyclic) bond motifs is 1. The molecule has 10 heteroatoms. The average molecular weight is 383 g/mol. The molecule has 0 saturated carbocycles. The van der Waals surface area contributed by atoms with Crippen molar-refractivity contribution in [3.63, 3.8) is 0 Å². The molecule has 0 bridgehead atoms. The normalized spacial score (nSPS) is 28.9. The molecule has 7 nitrogen and oxygen atoms in total. The smallest absolute Gasteiger partial charge is 0.451 e. The summed E-state index contributed by atoms with van der Waals surface area (Å²) in [5, 5.41) is 0. The molecule has 2 aliphatic heterocycles. The Labute approximate surface area is 149 Å². The SMILES string of the molecule is CC(C)(C)OC(=O)N1C[C@@H]2COC(C)(C)O[C@@H]2[C@@H](OC(=O)C(F)(F)F)C1. The Morgan fingerprint density at radius 1 is 1.15 bits per heavy atom. The van der Waals surface area contributed by atoms with Gasteiger partial charge in [-0.05, 0) is 34.6 Å². The van der Waals surface area contributed by atoms with Gasteiger partial charge in [0.1, 0.15) is 17.8 Å². The van der Waals surface area contributed by atoms with Crippen molar-refractivity contribution < 1.29 is 41.7 Å². The Morgan fingerprint density at radius 2 is 1.77 bits per heavy atom. The van der Waals surface area contributed by atoms with Crippen LogP contribution in [0.25, 0.3) is 0 Å². The van der Waals surface area contributed by atoms with Gasteiger partial charge < -0.3 is 23.8 Å². The zero-order chi connectivity index (χ0) is 19.9. The van der Waals surface area contributed by atoms with Crippen LogP contribution >= 0.6 is 0 Å². The first-order valence-corrected chi connectivity index (χ1v) is 8.25. The molecule has 0 aromatic rings. The lowest BCUT2D eigenvalue weighted by molar-refractivity contribution is -0.319. The predicted octanol–water partition coefficient (Wildman–Crippen LogP) is 2.48. The van der Waals surface area contributed by atoms with Crippen molar-refractivity contribution in [1.29, 1.82) is 0 Å². The number of likely N-dealkylation sites (tertiary alicyclic amines) is 1. The molecule has 1 amide bonds. The number of hydrogen-bond acceptors (Lipinski definition) is 6. The van der Waals surface area contributed by atoms with Crippen LogP contribution in [0.5, 0.6) is 0 Å². The van der Waals surface area contributed by atoms with Crippen molar-refractivity contribution in [2.75, 3.05) is 19.7 Å². The molecular formula is C16H24F3NO6. The molecule has 2 fully saturated rings. The van der Waals surface area contributed by atoms with Crippen molar-refractivity contribution >= 4 is 12.1 Å². The van der Waals surface area contributed by atoms with Crippen LogP contribution in [0.4, 0.5) is 18.0 Å². The molecule has 0 radical (unpaired) electrons. The maximum absolute atomic E-state index is 12.6. The molecule has 0 spiro atoms. The minimum Gasteiger partial charge on any atom is -0.451 e. The molecule has 0 aromatic heterocycles. The second kappa shape index (κ2) is 6.88. The van der Waals surface area contributed by atoms with Gasteiger partial charge >= 0.3 is 18.2 Å². The monoisotopic (exact) mass is 383 g/mol. The van der Waals surface area contributed by atoms with Crippen LogP contribution in [0, 0.1) is 5.92 Å². The molecule has 3 atom stereocenters. The number of hydrogen-bond donors (Lipinski definition) is 0. The van der Waals surface area contributed by atoms with E-state index in [0.717, 1.165) is 0 Å². The van der Waals surface area contributed by atoms with Crippen LogP contribution < -0.4 is 0 Å². The maximum atomic E-state index is 12.6. The standard InChI is InChI=1S/C16H24F3NO6/c1-14(2,3)26-13(22)20-6-9-8-23-15(4,5)25-11(9)10(7-20)24-12(21)16(17,18)19/h9-11H,6-8H2,1-5H3/t9-,10+,11+/m1/s1. The van der Waals surface area contributed by atoms with Gasteiger partial charge in [0.05, 0.1) is 13.2 Å². The highest BCUT2D eigenvalue weighted by molar-refractivity contribution is 5.76. The van der Waals surface area contributed by atoms with Crippen LogP contribution in [0.15, 0.2) is 0 Å². The van der Waals surface area contributed by atoms with Gasteiger partial charge in [0, 0.05) is 12.5 Å². The Kier molecular flexibility index (Phi) is 5.49. The number of carbonyl (C=O) groups is 2. The zero-order valence-corrected chi connectivity index (χ0v) is 15.4. The van der Waals surface area contributed by atoms with Gasteiger partial charge in [-0.1, -0.05) is 0 Å². The molecule has 0 N–H and O–H groups in total. The second-order valence-electron chi connectivity index (χ2n) is 7.88. The fourth-order valence-corrected chi connectivity index (χ4v) is 2.86. The van der Waals surface area contributed by atoms with E-state index in [1.165, 1.54) is 4.90 Å². The number of rotatable bonds is 1. The van der Waals surface area contributed by atoms with Gasteiger partial charge in [-0.15, -0.1) is 0 Å². The quantitative estimate of drug-likeness (QED) is 0.648. The maximum Gasteiger partial charge on any atom is 0.490 e. The Balaban J connectivity index is 2.19. The first-order valence-electron chi connectivity index (χ1n) is 8.25. The number of alkyl halides is 3. The number of nitrogens with zero attached hydrogens (tertiary/aromatic N) is 1. The summed E-state index contributed by atoms with van der Waals surface area (Å²) in [4.78, 5) is 24.8. The number of halogens is 3. The van der Waals surface area contributed by atoms with E-state index in [9.17, 15) is 22.8 Å². The number of carbonyl (C=O) groups excluding carboxylic acids is 2. The van der Waals surface area contributed by atoms with Crippen molar-refractivity contribution in [3.8, 4) is 0 Å². The van der Waals surface area contributed by atoms with E-state index in [1.54, 1.807) is 34.6 Å². The minimum absolute atomic E-state index is 0.150. The third kappa shape index (κ3) is 5.23. The lowest BCUT2D eigenvalue weighted by Gasteiger charge is -2.49. The first kappa shape index (κ1) is 20.8. The van der Waals surface area contributed by atoms with E-state index in [0.29, 0.717) is 0 Å². The molecule has 2 saturated heterocycles. The summed E-state index contributed by atoms with van der Waals surface area (Å²) in [5.74, 6) is -3.80. The van der Waals surface area contributed by atoms with Crippen molar-refractivity contribution in [2.24, 2.45) is 5.92 Å². The summed E-state index contributed by atoms with van der Waals surface area (Å²) < 4.78 is 58.9. The van der Waals surface area contributed by atoms with Crippen molar-refractivity contribution in [3.05, 3.63) is 0 Å². The molecular weight excluding hydrogens is 359 g/mol. The highest BCUT2D eigenvalue weighted by Gasteiger charge is 2.51. The first-order chi connectivity index (χ1) is 11.7. The zero-order valence-electron chi connectivity index (χ0n) is 15.4. The molecule has 2 heterocycles.